The third-order valence-electron chi connectivity index (χ3n) is 0. The van der Waals surface area contributed by atoms with Crippen molar-refractivity contribution in [2.75, 3.05) is 0 Å². The SMILES string of the molecule is F[PH+](F)F.F[PH+](F)F.F[PH+](F)F.F[PH+](F)F.[Ni]. The molecule has 0 rings (SSSR count). The summed E-state index contributed by atoms with van der Waals surface area (Å²) in [7, 11) is -17.5. The second-order valence-electron chi connectivity index (χ2n) is 0.857. The maximum absolute atomic E-state index is 9.77. The maximum atomic E-state index is 9.77. The third kappa shape index (κ3) is 2180. The fourth-order valence-electron chi connectivity index (χ4n) is 0. The number of rotatable bonds is 0. The van der Waals surface area contributed by atoms with Gasteiger partial charge >= 0.3 is 35.4 Å². The summed E-state index contributed by atoms with van der Waals surface area (Å²) in [5.41, 5.74) is 0. The molecule has 0 saturated heterocycles. The van der Waals surface area contributed by atoms with Crippen LogP contribution < -0.4 is 0 Å². The molecule has 0 radical (unpaired) electrons. The molecule has 0 aliphatic rings. The second kappa shape index (κ2) is 26.0. The molecule has 0 aliphatic heterocycles. The van der Waals surface area contributed by atoms with E-state index in [-0.39, 0.29) is 16.5 Å². The van der Waals surface area contributed by atoms with Crippen molar-refractivity contribution in [3.8, 4) is 0 Å². The summed E-state index contributed by atoms with van der Waals surface area (Å²) < 4.78 is 117. The molecule has 17 heavy (non-hydrogen) atoms. The Balaban J connectivity index is -0.0000000369. The van der Waals surface area contributed by atoms with E-state index in [0.29, 0.717) is 0 Å². The molecule has 114 valence electrons. The first-order valence-corrected chi connectivity index (χ1v) is 6.80. The Morgan fingerprint density at radius 3 is 0.294 bits per heavy atom. The number of halogens is 12. The molecule has 0 fully saturated rings. The van der Waals surface area contributed by atoms with Crippen molar-refractivity contribution in [3.63, 3.8) is 0 Å². The van der Waals surface area contributed by atoms with E-state index in [4.69, 9.17) is 0 Å². The Morgan fingerprint density at radius 2 is 0.294 bits per heavy atom. The molecule has 0 spiro atoms. The van der Waals surface area contributed by atoms with Crippen molar-refractivity contribution in [2.24, 2.45) is 0 Å². The normalized spacial score (nSPS) is 8.47. The van der Waals surface area contributed by atoms with Gasteiger partial charge in [0.2, 0.25) is 0 Å². The predicted molar refractivity (Wildman–Crippen MR) is 46.6 cm³/mol. The Labute approximate surface area is 103 Å². The standard InChI is InChI=1S/4F3HP.Ni/c4*1-4(2)3;/h4*4H;/q4*+1;. The summed E-state index contributed by atoms with van der Waals surface area (Å²) in [4.78, 5) is 0. The summed E-state index contributed by atoms with van der Waals surface area (Å²) in [6, 6.07) is 0. The van der Waals surface area contributed by atoms with Crippen molar-refractivity contribution in [2.45, 2.75) is 0 Å². The first-order valence-electron chi connectivity index (χ1n) is 2.27. The van der Waals surface area contributed by atoms with Crippen molar-refractivity contribution in [3.05, 3.63) is 0 Å². The molecule has 0 aromatic rings. The van der Waals surface area contributed by atoms with Crippen LogP contribution in [-0.4, -0.2) is 0 Å². The Kier molecular flexibility index (Phi) is 47.5. The van der Waals surface area contributed by atoms with Crippen molar-refractivity contribution in [1.82, 2.24) is 0 Å². The zero-order chi connectivity index (χ0) is 14.3. The van der Waals surface area contributed by atoms with E-state index in [1.165, 1.54) is 0 Å². The zero-order valence-electron chi connectivity index (χ0n) is 6.85. The van der Waals surface area contributed by atoms with Crippen LogP contribution in [0.4, 0.5) is 50.4 Å². The van der Waals surface area contributed by atoms with E-state index in [1.54, 1.807) is 0 Å². The van der Waals surface area contributed by atoms with Gasteiger partial charge in [0.15, 0.2) is 0 Å². The van der Waals surface area contributed by atoms with Crippen LogP contribution in [0, 0.1) is 0 Å². The molecule has 0 atom stereocenters. The summed E-state index contributed by atoms with van der Waals surface area (Å²) in [6.07, 6.45) is 0. The zero-order valence-corrected chi connectivity index (χ0v) is 11.8. The molecule has 0 aliphatic carbocycles. The van der Waals surface area contributed by atoms with Gasteiger partial charge in [-0.25, -0.2) is 0 Å². The number of hydrogen-bond donors (Lipinski definition) is 0. The van der Waals surface area contributed by atoms with Crippen LogP contribution in [0.15, 0.2) is 0 Å². The molecule has 0 heterocycles. The first kappa shape index (κ1) is 31.0. The largest absolute Gasteiger partial charge is 0.558 e. The van der Waals surface area contributed by atoms with Gasteiger partial charge in [-0.3, -0.25) is 0 Å². The van der Waals surface area contributed by atoms with E-state index in [1.807, 2.05) is 0 Å². The summed E-state index contributed by atoms with van der Waals surface area (Å²) in [5, 5.41) is 0. The van der Waals surface area contributed by atoms with Crippen molar-refractivity contribution >= 4 is 35.4 Å². The van der Waals surface area contributed by atoms with Crippen LogP contribution in [0.1, 0.15) is 0 Å². The molecule has 0 aromatic heterocycles. The average molecular weight is 415 g/mol. The predicted octanol–water partition coefficient (Wildman–Crippen LogP) is 7.41. The van der Waals surface area contributed by atoms with Gasteiger partial charge in [0.25, 0.3) is 0 Å². The van der Waals surface area contributed by atoms with E-state index in [2.05, 4.69) is 0 Å². The molecule has 0 saturated carbocycles. The van der Waals surface area contributed by atoms with Gasteiger partial charge < -0.3 is 0 Å². The van der Waals surface area contributed by atoms with Gasteiger partial charge in [0.05, 0.1) is 0 Å². The van der Waals surface area contributed by atoms with Crippen molar-refractivity contribution in [1.29, 1.82) is 0 Å². The first-order chi connectivity index (χ1) is 6.93. The van der Waals surface area contributed by atoms with Crippen LogP contribution in [0.2, 0.25) is 0 Å². The topological polar surface area (TPSA) is 0 Å². The fourth-order valence-corrected chi connectivity index (χ4v) is 0. The Hall–Kier alpha value is 1.37. The molecule has 0 aromatic carbocycles. The van der Waals surface area contributed by atoms with E-state index >= 15 is 0 Å². The summed E-state index contributed by atoms with van der Waals surface area (Å²) in [5.74, 6) is 0. The summed E-state index contributed by atoms with van der Waals surface area (Å²) >= 11 is 0. The number of hydrogen-bond acceptors (Lipinski definition) is 0. The second-order valence-corrected chi connectivity index (χ2v) is 2.57. The maximum Gasteiger partial charge on any atom is 0.558 e. The molecular formula is H4F12NiP4+4. The van der Waals surface area contributed by atoms with E-state index in [9.17, 15) is 50.4 Å². The smallest absolute Gasteiger partial charge is 0 e. The Morgan fingerprint density at radius 1 is 0.294 bits per heavy atom. The van der Waals surface area contributed by atoms with Gasteiger partial charge in [0, 0.05) is 66.9 Å². The van der Waals surface area contributed by atoms with Gasteiger partial charge in [0.1, 0.15) is 0 Å². The molecule has 0 N–H and O–H groups in total. The quantitative estimate of drug-likeness (QED) is 0.220. The molecule has 0 amide bonds. The van der Waals surface area contributed by atoms with Gasteiger partial charge in [-0.05, 0) is 0 Å². The van der Waals surface area contributed by atoms with Crippen LogP contribution in [0.3, 0.4) is 0 Å². The van der Waals surface area contributed by atoms with Crippen LogP contribution in [0.25, 0.3) is 0 Å². The minimum Gasteiger partial charge on any atom is 0 e. The van der Waals surface area contributed by atoms with E-state index in [0.717, 1.165) is 0 Å². The minimum absolute atomic E-state index is 0. The van der Waals surface area contributed by atoms with Crippen LogP contribution in [-0.2, 0) is 16.5 Å². The monoisotopic (exact) mass is 414 g/mol. The van der Waals surface area contributed by atoms with Gasteiger partial charge in [-0.1, -0.05) is 0 Å². The fraction of sp³-hybridized carbons (Fsp3) is 0. The van der Waals surface area contributed by atoms with E-state index < -0.39 is 35.4 Å². The molecular weight excluding hydrogens is 411 g/mol. The summed E-state index contributed by atoms with van der Waals surface area (Å²) in [6.45, 7) is 0. The minimum atomic E-state index is -4.38. The third-order valence-corrected chi connectivity index (χ3v) is 0. The van der Waals surface area contributed by atoms with Gasteiger partial charge in [-0.15, -0.1) is 0 Å². The molecule has 0 unspecified atom stereocenters. The van der Waals surface area contributed by atoms with Gasteiger partial charge in [-0.2, -0.15) is 0 Å². The molecule has 0 nitrogen and oxygen atoms in total. The average Bonchev–Trinajstić information content (AvgIpc) is 1.76. The van der Waals surface area contributed by atoms with Crippen molar-refractivity contribution < 1.29 is 66.9 Å². The van der Waals surface area contributed by atoms with Crippen LogP contribution >= 0.6 is 35.4 Å². The molecule has 17 heteroatoms. The Bertz CT molecular complexity index is 61.5. The van der Waals surface area contributed by atoms with Crippen LogP contribution in [0.5, 0.6) is 0 Å². The molecule has 0 bridgehead atoms.